The van der Waals surface area contributed by atoms with Gasteiger partial charge in [0.05, 0.1) is 5.38 Å². The molecule has 1 amide bonds. The molecule has 1 rings (SSSR count). The molecule has 5 heteroatoms. The number of benzene rings is 1. The lowest BCUT2D eigenvalue weighted by Gasteiger charge is -2.20. The third-order valence-corrected chi connectivity index (χ3v) is 2.77. The monoisotopic (exact) mass is 304 g/mol. The molecule has 0 bridgehead atoms. The summed E-state index contributed by atoms with van der Waals surface area (Å²) in [5.74, 6) is 0. The molecule has 0 fully saturated rings. The van der Waals surface area contributed by atoms with Crippen LogP contribution in [0.4, 0.5) is 4.79 Å². The Labute approximate surface area is 125 Å². The van der Waals surface area contributed by atoms with Gasteiger partial charge in [0, 0.05) is 12.9 Å². The lowest BCUT2D eigenvalue weighted by atomic mass is 10.1. The van der Waals surface area contributed by atoms with Gasteiger partial charge in [-0.1, -0.05) is 23.7 Å². The highest BCUT2D eigenvalue weighted by atomic mass is 35.5. The summed E-state index contributed by atoms with van der Waals surface area (Å²) >= 11 is 12.0. The number of rotatable bonds is 4. The number of carbonyl (C=O) groups excluding carboxylic acids is 1. The molecule has 0 heterocycles. The van der Waals surface area contributed by atoms with E-state index in [0.717, 1.165) is 5.56 Å². The third-order valence-electron chi connectivity index (χ3n) is 2.21. The zero-order valence-corrected chi connectivity index (χ0v) is 12.6. The summed E-state index contributed by atoms with van der Waals surface area (Å²) in [5.41, 5.74) is 0.262. The highest BCUT2D eigenvalue weighted by Crippen LogP contribution is 2.13. The average Bonchev–Trinajstić information content (AvgIpc) is 2.39. The first-order chi connectivity index (χ1) is 9.32. The fourth-order valence-corrected chi connectivity index (χ4v) is 1.81. The molecule has 0 aliphatic heterocycles. The van der Waals surface area contributed by atoms with Gasteiger partial charge in [0.15, 0.2) is 0 Å². The van der Waals surface area contributed by atoms with Gasteiger partial charge in [-0.05, 0) is 44.9 Å². The summed E-state index contributed by atoms with van der Waals surface area (Å²) in [4.78, 5) is 11.5. The van der Waals surface area contributed by atoms with Crippen LogP contribution >= 0.6 is 23.2 Å². The van der Waals surface area contributed by atoms with Gasteiger partial charge in [0.2, 0.25) is 0 Å². The van der Waals surface area contributed by atoms with Crippen molar-refractivity contribution in [3.8, 4) is 0 Å². The first-order valence-electron chi connectivity index (χ1n) is 6.68. The Kier molecular flexibility index (Phi) is 5.34. The highest BCUT2D eigenvalue weighted by Gasteiger charge is 2.16. The fraction of sp³-hybridized carbons (Fsp3) is 0.500. The summed E-state index contributed by atoms with van der Waals surface area (Å²) < 4.78 is 12.3. The lowest BCUT2D eigenvalue weighted by Crippen LogP contribution is -2.36. The number of hydrogen-bond donors (Lipinski definition) is 1. The molecule has 0 aliphatic carbocycles. The van der Waals surface area contributed by atoms with Gasteiger partial charge in [0.1, 0.15) is 5.60 Å². The molecule has 19 heavy (non-hydrogen) atoms. The van der Waals surface area contributed by atoms with Crippen molar-refractivity contribution in [1.29, 1.82) is 0 Å². The van der Waals surface area contributed by atoms with Crippen LogP contribution in [-0.2, 0) is 11.2 Å². The van der Waals surface area contributed by atoms with Crippen LogP contribution in [0.25, 0.3) is 0 Å². The summed E-state index contributed by atoms with van der Waals surface area (Å²) in [6.07, 6.45) is 0.0740. The molecule has 0 radical (unpaired) electrons. The van der Waals surface area contributed by atoms with Gasteiger partial charge in [-0.15, -0.1) is 11.6 Å². The normalized spacial score (nSPS) is 13.6. The SMILES string of the molecule is [2H]CC(C)(C)OC(=O)NCC(Cl)Cc1ccc(Cl)cc1. The average molecular weight is 305 g/mol. The minimum Gasteiger partial charge on any atom is -0.444 e. The lowest BCUT2D eigenvalue weighted by molar-refractivity contribution is 0.0527. The number of hydrogen-bond acceptors (Lipinski definition) is 2. The first-order valence-corrected chi connectivity index (χ1v) is 6.78. The molecule has 3 nitrogen and oxygen atoms in total. The van der Waals surface area contributed by atoms with Gasteiger partial charge in [-0.25, -0.2) is 4.79 Å². The van der Waals surface area contributed by atoms with Crippen molar-refractivity contribution in [1.82, 2.24) is 5.32 Å². The second-order valence-electron chi connectivity index (χ2n) is 4.96. The Balaban J connectivity index is 2.34. The molecule has 0 saturated carbocycles. The maximum absolute atomic E-state index is 11.5. The second kappa shape index (κ2) is 7.01. The Morgan fingerprint density at radius 3 is 2.68 bits per heavy atom. The molecule has 106 valence electrons. The predicted molar refractivity (Wildman–Crippen MR) is 79.0 cm³/mol. The molecular formula is C14H19Cl2NO2. The van der Waals surface area contributed by atoms with Crippen molar-refractivity contribution >= 4 is 29.3 Å². The largest absolute Gasteiger partial charge is 0.444 e. The van der Waals surface area contributed by atoms with Crippen LogP contribution in [0.2, 0.25) is 5.02 Å². The highest BCUT2D eigenvalue weighted by molar-refractivity contribution is 6.30. The van der Waals surface area contributed by atoms with Crippen LogP contribution < -0.4 is 5.32 Å². The smallest absolute Gasteiger partial charge is 0.407 e. The Hall–Kier alpha value is -0.930. The topological polar surface area (TPSA) is 38.3 Å². The van der Waals surface area contributed by atoms with E-state index >= 15 is 0 Å². The number of ether oxygens (including phenoxy) is 1. The molecule has 0 spiro atoms. The van der Waals surface area contributed by atoms with E-state index in [1.165, 1.54) is 0 Å². The maximum atomic E-state index is 11.5. The van der Waals surface area contributed by atoms with Crippen LogP contribution in [0.15, 0.2) is 24.3 Å². The number of halogens is 2. The van der Waals surface area contributed by atoms with Crippen LogP contribution in [0.5, 0.6) is 0 Å². The van der Waals surface area contributed by atoms with Crippen LogP contribution in [-0.4, -0.2) is 23.6 Å². The number of nitrogens with one attached hydrogen (secondary N) is 1. The molecule has 0 saturated heterocycles. The standard InChI is InChI=1S/C14H19Cl2NO2/c1-14(2,3)19-13(18)17-9-12(16)8-10-4-6-11(15)7-5-10/h4-7,12H,8-9H2,1-3H3,(H,17,18)/i1D. The maximum Gasteiger partial charge on any atom is 0.407 e. The van der Waals surface area contributed by atoms with Crippen LogP contribution in [0.1, 0.15) is 27.7 Å². The third kappa shape index (κ3) is 7.28. The summed E-state index contributed by atoms with van der Waals surface area (Å²) in [6, 6.07) is 7.41. The van der Waals surface area contributed by atoms with Crippen molar-refractivity contribution in [2.75, 3.05) is 6.54 Å². The molecule has 0 aromatic heterocycles. The van der Waals surface area contributed by atoms with Gasteiger partial charge >= 0.3 is 6.09 Å². The Bertz CT molecular complexity index is 437. The van der Waals surface area contributed by atoms with E-state index < -0.39 is 11.7 Å². The minimum absolute atomic E-state index is 0.00942. The Morgan fingerprint density at radius 2 is 2.11 bits per heavy atom. The van der Waals surface area contributed by atoms with Gasteiger partial charge < -0.3 is 10.1 Å². The minimum atomic E-state index is -0.790. The van der Waals surface area contributed by atoms with Crippen LogP contribution in [0.3, 0.4) is 0 Å². The molecule has 1 aromatic rings. The fourth-order valence-electron chi connectivity index (χ4n) is 1.43. The first kappa shape index (κ1) is 14.5. The Morgan fingerprint density at radius 1 is 1.47 bits per heavy atom. The van der Waals surface area contributed by atoms with Gasteiger partial charge in [-0.2, -0.15) is 0 Å². The van der Waals surface area contributed by atoms with Gasteiger partial charge in [0.25, 0.3) is 0 Å². The molecule has 1 atom stereocenters. The van der Waals surface area contributed by atoms with E-state index in [4.69, 9.17) is 29.3 Å². The number of amides is 1. The van der Waals surface area contributed by atoms with E-state index in [0.29, 0.717) is 18.0 Å². The zero-order chi connectivity index (χ0) is 15.2. The molecule has 1 unspecified atom stereocenters. The second-order valence-corrected chi connectivity index (χ2v) is 6.01. The summed E-state index contributed by atoms with van der Waals surface area (Å²) in [7, 11) is 0. The van der Waals surface area contributed by atoms with E-state index in [9.17, 15) is 4.79 Å². The number of alkyl halides is 1. The van der Waals surface area contributed by atoms with E-state index in [2.05, 4.69) is 5.32 Å². The number of carbonyl (C=O) groups is 1. The predicted octanol–water partition coefficient (Wildman–Crippen LogP) is 4.01. The molecule has 1 N–H and O–H groups in total. The quantitative estimate of drug-likeness (QED) is 0.853. The summed E-state index contributed by atoms with van der Waals surface area (Å²) in [5, 5.41) is 3.05. The molecular weight excluding hydrogens is 285 g/mol. The van der Waals surface area contributed by atoms with Crippen molar-refractivity contribution < 1.29 is 10.9 Å². The van der Waals surface area contributed by atoms with Crippen molar-refractivity contribution in [2.45, 2.75) is 38.1 Å². The van der Waals surface area contributed by atoms with E-state index in [1.54, 1.807) is 26.0 Å². The van der Waals surface area contributed by atoms with E-state index in [-0.39, 0.29) is 12.3 Å². The number of alkyl carbamates (subject to hydrolysis) is 1. The van der Waals surface area contributed by atoms with Crippen molar-refractivity contribution in [3.05, 3.63) is 34.9 Å². The molecule has 0 aliphatic rings. The van der Waals surface area contributed by atoms with Crippen LogP contribution in [0, 0.1) is 0 Å². The zero-order valence-electron chi connectivity index (χ0n) is 12.1. The van der Waals surface area contributed by atoms with Gasteiger partial charge in [-0.3, -0.25) is 0 Å². The van der Waals surface area contributed by atoms with E-state index in [1.807, 2.05) is 12.1 Å². The summed E-state index contributed by atoms with van der Waals surface area (Å²) in [6.45, 7) is 3.68. The van der Waals surface area contributed by atoms with Crippen molar-refractivity contribution in [3.63, 3.8) is 0 Å². The van der Waals surface area contributed by atoms with Crippen molar-refractivity contribution in [2.24, 2.45) is 0 Å². The molecule has 1 aromatic carbocycles.